The molecule has 3 atom stereocenters. The first-order valence-corrected chi connectivity index (χ1v) is 12.6. The summed E-state index contributed by atoms with van der Waals surface area (Å²) >= 11 is 0. The number of sulfonamides is 1. The number of ether oxygens (including phenoxy) is 1. The largest absolute Gasteiger partial charge is 0.496 e. The molecule has 32 heavy (non-hydrogen) atoms. The van der Waals surface area contributed by atoms with Gasteiger partial charge in [-0.1, -0.05) is 49.4 Å². The van der Waals surface area contributed by atoms with E-state index in [9.17, 15) is 8.42 Å². The molecule has 0 saturated heterocycles. The molecule has 0 fully saturated rings. The van der Waals surface area contributed by atoms with Crippen molar-refractivity contribution in [1.82, 2.24) is 4.72 Å². The Hall–Kier alpha value is -2.83. The third kappa shape index (κ3) is 3.48. The maximum atomic E-state index is 12.7. The molecule has 6 heteroatoms. The van der Waals surface area contributed by atoms with Crippen LogP contribution < -0.4 is 14.8 Å². The summed E-state index contributed by atoms with van der Waals surface area (Å²) < 4.78 is 33.9. The summed E-state index contributed by atoms with van der Waals surface area (Å²) in [5, 5.41) is 6.10. The lowest BCUT2D eigenvalue weighted by Gasteiger charge is -2.38. The molecule has 5 rings (SSSR count). The molecule has 2 N–H and O–H groups in total. The van der Waals surface area contributed by atoms with E-state index < -0.39 is 10.0 Å². The van der Waals surface area contributed by atoms with Gasteiger partial charge in [-0.05, 0) is 59.4 Å². The van der Waals surface area contributed by atoms with Crippen LogP contribution in [0.4, 0.5) is 5.69 Å². The first-order chi connectivity index (χ1) is 15.5. The summed E-state index contributed by atoms with van der Waals surface area (Å²) in [6, 6.07) is 18.0. The van der Waals surface area contributed by atoms with Gasteiger partial charge in [-0.3, -0.25) is 0 Å². The standard InChI is InChI=1S/C26H28N2O3S/c1-3-15-27-32(29,30)18-12-13-23-22(16-18)20-9-6-10-21(20)26(28-23)25-19-8-5-4-7-17(19)11-14-24(25)31-2/h4-9,11-14,16,20-21,26-28H,3,10,15H2,1-2H3. The Labute approximate surface area is 189 Å². The Bertz CT molecular complexity index is 1300. The summed E-state index contributed by atoms with van der Waals surface area (Å²) in [4.78, 5) is 0.326. The highest BCUT2D eigenvalue weighted by Gasteiger charge is 2.40. The number of methoxy groups -OCH3 is 1. The highest BCUT2D eigenvalue weighted by atomic mass is 32.2. The highest BCUT2D eigenvalue weighted by Crippen LogP contribution is 2.52. The Morgan fingerprint density at radius 3 is 2.78 bits per heavy atom. The Morgan fingerprint density at radius 2 is 1.97 bits per heavy atom. The van der Waals surface area contributed by atoms with Gasteiger partial charge < -0.3 is 10.1 Å². The average Bonchev–Trinajstić information content (AvgIpc) is 3.31. The van der Waals surface area contributed by atoms with E-state index in [4.69, 9.17) is 4.74 Å². The third-order valence-corrected chi connectivity index (χ3v) is 8.11. The molecule has 0 radical (unpaired) electrons. The second-order valence-electron chi connectivity index (χ2n) is 8.52. The number of fused-ring (bicyclic) bond motifs is 4. The van der Waals surface area contributed by atoms with Crippen LogP contribution in [0.5, 0.6) is 5.75 Å². The molecule has 3 unspecified atom stereocenters. The van der Waals surface area contributed by atoms with E-state index in [1.807, 2.05) is 25.1 Å². The third-order valence-electron chi connectivity index (χ3n) is 6.65. The fraction of sp³-hybridized carbons (Fsp3) is 0.308. The van der Waals surface area contributed by atoms with E-state index in [0.29, 0.717) is 11.4 Å². The minimum absolute atomic E-state index is 0.0595. The van der Waals surface area contributed by atoms with Gasteiger partial charge in [-0.2, -0.15) is 0 Å². The maximum absolute atomic E-state index is 12.7. The minimum atomic E-state index is -3.51. The molecule has 3 aromatic rings. The maximum Gasteiger partial charge on any atom is 0.240 e. The van der Waals surface area contributed by atoms with Crippen LogP contribution in [0.1, 0.15) is 42.9 Å². The molecule has 0 amide bonds. The fourth-order valence-corrected chi connectivity index (χ4v) is 6.29. The second kappa shape index (κ2) is 8.26. The summed E-state index contributed by atoms with van der Waals surface area (Å²) in [7, 11) is -1.79. The predicted octanol–water partition coefficient (Wildman–Crippen LogP) is 5.36. The van der Waals surface area contributed by atoms with Gasteiger partial charge in [0, 0.05) is 23.7 Å². The van der Waals surface area contributed by atoms with Gasteiger partial charge in [-0.25, -0.2) is 13.1 Å². The van der Waals surface area contributed by atoms with Gasteiger partial charge in [0.05, 0.1) is 18.0 Å². The minimum Gasteiger partial charge on any atom is -0.496 e. The van der Waals surface area contributed by atoms with Crippen LogP contribution in [-0.2, 0) is 10.0 Å². The fourth-order valence-electron chi connectivity index (χ4n) is 5.12. The zero-order valence-corrected chi connectivity index (χ0v) is 19.2. The molecule has 5 nitrogen and oxygen atoms in total. The van der Waals surface area contributed by atoms with Crippen molar-refractivity contribution < 1.29 is 13.2 Å². The number of hydrogen-bond acceptors (Lipinski definition) is 4. The van der Waals surface area contributed by atoms with E-state index in [0.717, 1.165) is 35.4 Å². The normalized spacial score (nSPS) is 21.8. The quantitative estimate of drug-likeness (QED) is 0.498. The van der Waals surface area contributed by atoms with Crippen molar-refractivity contribution in [2.75, 3.05) is 19.0 Å². The smallest absolute Gasteiger partial charge is 0.240 e. The van der Waals surface area contributed by atoms with Crippen molar-refractivity contribution in [2.24, 2.45) is 5.92 Å². The van der Waals surface area contributed by atoms with Crippen LogP contribution >= 0.6 is 0 Å². The monoisotopic (exact) mass is 448 g/mol. The zero-order chi connectivity index (χ0) is 22.3. The zero-order valence-electron chi connectivity index (χ0n) is 18.3. The summed E-state index contributed by atoms with van der Waals surface area (Å²) in [5.74, 6) is 1.31. The van der Waals surface area contributed by atoms with Crippen molar-refractivity contribution in [3.63, 3.8) is 0 Å². The van der Waals surface area contributed by atoms with Crippen molar-refractivity contribution >= 4 is 26.5 Å². The number of rotatable bonds is 6. The molecule has 1 aliphatic carbocycles. The number of nitrogens with one attached hydrogen (secondary N) is 2. The average molecular weight is 449 g/mol. The van der Waals surface area contributed by atoms with Gasteiger partial charge in [0.2, 0.25) is 10.0 Å². The molecule has 1 heterocycles. The van der Waals surface area contributed by atoms with Gasteiger partial charge in [0.1, 0.15) is 5.75 Å². The van der Waals surface area contributed by atoms with Crippen molar-refractivity contribution in [3.8, 4) is 5.75 Å². The van der Waals surface area contributed by atoms with E-state index in [1.54, 1.807) is 13.2 Å². The SMILES string of the molecule is CCCNS(=O)(=O)c1ccc2c(c1)C1C=CCC1C(c1c(OC)ccc3ccccc13)N2. The molecule has 0 saturated carbocycles. The number of benzene rings is 3. The Morgan fingerprint density at radius 1 is 1.12 bits per heavy atom. The van der Waals surface area contributed by atoms with Gasteiger partial charge in [0.15, 0.2) is 0 Å². The molecule has 0 spiro atoms. The lowest BCUT2D eigenvalue weighted by molar-refractivity contribution is 0.383. The Kier molecular flexibility index (Phi) is 5.43. The van der Waals surface area contributed by atoms with Crippen molar-refractivity contribution in [3.05, 3.63) is 77.9 Å². The van der Waals surface area contributed by atoms with Crippen molar-refractivity contribution in [1.29, 1.82) is 0 Å². The van der Waals surface area contributed by atoms with E-state index in [-0.39, 0.29) is 17.9 Å². The lowest BCUT2D eigenvalue weighted by atomic mass is 9.76. The van der Waals surface area contributed by atoms with Crippen LogP contribution in [0.2, 0.25) is 0 Å². The van der Waals surface area contributed by atoms with E-state index in [1.165, 1.54) is 10.8 Å². The first-order valence-electron chi connectivity index (χ1n) is 11.2. The van der Waals surface area contributed by atoms with Crippen LogP contribution in [0.25, 0.3) is 10.8 Å². The molecule has 166 valence electrons. The Balaban J connectivity index is 1.61. The van der Waals surface area contributed by atoms with Crippen LogP contribution in [0, 0.1) is 5.92 Å². The summed E-state index contributed by atoms with van der Waals surface area (Å²) in [6.45, 7) is 2.39. The number of allylic oxidation sites excluding steroid dienone is 2. The van der Waals surface area contributed by atoms with Crippen LogP contribution in [0.15, 0.2) is 71.6 Å². The topological polar surface area (TPSA) is 67.4 Å². The van der Waals surface area contributed by atoms with Crippen molar-refractivity contribution in [2.45, 2.75) is 36.6 Å². The lowest BCUT2D eigenvalue weighted by Crippen LogP contribution is -2.30. The van der Waals surface area contributed by atoms with Gasteiger partial charge in [0.25, 0.3) is 0 Å². The van der Waals surface area contributed by atoms with Gasteiger partial charge in [-0.15, -0.1) is 0 Å². The van der Waals surface area contributed by atoms with Crippen LogP contribution in [0.3, 0.4) is 0 Å². The van der Waals surface area contributed by atoms with E-state index >= 15 is 0 Å². The molecule has 3 aromatic carbocycles. The summed E-state index contributed by atoms with van der Waals surface area (Å²) in [5.41, 5.74) is 3.18. The van der Waals surface area contributed by atoms with Gasteiger partial charge >= 0.3 is 0 Å². The molecule has 0 bridgehead atoms. The molecule has 0 aromatic heterocycles. The predicted molar refractivity (Wildman–Crippen MR) is 129 cm³/mol. The van der Waals surface area contributed by atoms with Crippen LogP contribution in [-0.4, -0.2) is 22.1 Å². The number of anilines is 1. The molecular formula is C26H28N2O3S. The summed E-state index contributed by atoms with van der Waals surface area (Å²) in [6.07, 6.45) is 6.13. The molecule has 2 aliphatic rings. The second-order valence-corrected chi connectivity index (χ2v) is 10.3. The first kappa shape index (κ1) is 21.0. The molecule has 1 aliphatic heterocycles. The highest BCUT2D eigenvalue weighted by molar-refractivity contribution is 7.89. The number of hydrogen-bond donors (Lipinski definition) is 2. The molecular weight excluding hydrogens is 420 g/mol. The van der Waals surface area contributed by atoms with E-state index in [2.05, 4.69) is 52.5 Å².